The molecule has 0 amide bonds. The van der Waals surface area contributed by atoms with Gasteiger partial charge in [-0.15, -0.1) is 5.10 Å². The molecule has 0 bridgehead atoms. The second kappa shape index (κ2) is 4.61. The molecule has 1 aromatic heterocycles. The fraction of sp³-hybridized carbons (Fsp3) is 0.273. The van der Waals surface area contributed by atoms with Crippen molar-refractivity contribution in [2.75, 3.05) is 4.72 Å². The van der Waals surface area contributed by atoms with E-state index in [9.17, 15) is 8.42 Å². The van der Waals surface area contributed by atoms with Gasteiger partial charge in [-0.05, 0) is 37.1 Å². The van der Waals surface area contributed by atoms with Gasteiger partial charge in [0.05, 0.1) is 4.90 Å². The Balaban J connectivity index is 1.81. The number of nitrogens with one attached hydrogen (secondary N) is 1. The minimum absolute atomic E-state index is 0.0928. The van der Waals surface area contributed by atoms with Gasteiger partial charge in [0.15, 0.2) is 0 Å². The summed E-state index contributed by atoms with van der Waals surface area (Å²) in [6.07, 6.45) is 2.03. The van der Waals surface area contributed by atoms with Crippen molar-refractivity contribution >= 4 is 32.0 Å². The molecular formula is C11H10BrN3O3S. The molecule has 1 aliphatic carbocycles. The van der Waals surface area contributed by atoms with Crippen LogP contribution in [-0.4, -0.2) is 18.6 Å². The molecule has 0 aliphatic heterocycles. The number of halogens is 1. The Morgan fingerprint density at radius 1 is 1.21 bits per heavy atom. The summed E-state index contributed by atoms with van der Waals surface area (Å²) in [5.41, 5.74) is 0. The summed E-state index contributed by atoms with van der Waals surface area (Å²) in [7, 11) is -3.69. The first-order chi connectivity index (χ1) is 9.04. The van der Waals surface area contributed by atoms with E-state index < -0.39 is 10.0 Å². The lowest BCUT2D eigenvalue weighted by atomic mass is 10.4. The molecule has 1 aromatic carbocycles. The van der Waals surface area contributed by atoms with E-state index >= 15 is 0 Å². The highest BCUT2D eigenvalue weighted by Crippen LogP contribution is 2.39. The third-order valence-corrected chi connectivity index (χ3v) is 4.58. The van der Waals surface area contributed by atoms with Gasteiger partial charge in [-0.1, -0.05) is 21.0 Å². The van der Waals surface area contributed by atoms with E-state index in [-0.39, 0.29) is 10.9 Å². The number of sulfonamides is 1. The van der Waals surface area contributed by atoms with Gasteiger partial charge in [0.25, 0.3) is 10.0 Å². The Hall–Kier alpha value is -1.41. The second-order valence-corrected chi connectivity index (χ2v) is 6.88. The molecule has 1 heterocycles. The first kappa shape index (κ1) is 12.6. The summed E-state index contributed by atoms with van der Waals surface area (Å²) in [4.78, 5) is 0.141. The smallest absolute Gasteiger partial charge is 0.329 e. The van der Waals surface area contributed by atoms with E-state index in [2.05, 4.69) is 30.8 Å². The molecule has 8 heteroatoms. The summed E-state index contributed by atoms with van der Waals surface area (Å²) in [5, 5.41) is 7.51. The van der Waals surface area contributed by atoms with Crippen molar-refractivity contribution in [2.24, 2.45) is 0 Å². The normalized spacial score (nSPS) is 15.4. The summed E-state index contributed by atoms with van der Waals surface area (Å²) in [6, 6.07) is 6.19. The van der Waals surface area contributed by atoms with Crippen molar-refractivity contribution in [3.63, 3.8) is 0 Å². The van der Waals surface area contributed by atoms with Crippen LogP contribution in [0.3, 0.4) is 0 Å². The summed E-state index contributed by atoms with van der Waals surface area (Å²) in [5.74, 6) is 0.784. The molecule has 1 fully saturated rings. The first-order valence-corrected chi connectivity index (χ1v) is 7.94. The van der Waals surface area contributed by atoms with Crippen molar-refractivity contribution < 1.29 is 12.8 Å². The third-order valence-electron chi connectivity index (χ3n) is 2.71. The number of nitrogens with zero attached hydrogens (tertiary/aromatic N) is 2. The topological polar surface area (TPSA) is 85.1 Å². The Labute approximate surface area is 118 Å². The SMILES string of the molecule is O=S(=O)(Nc1nnc(C2CC2)o1)c1ccc(Br)cc1. The molecule has 0 spiro atoms. The Morgan fingerprint density at radius 3 is 2.53 bits per heavy atom. The van der Waals surface area contributed by atoms with Crippen LogP contribution in [0.4, 0.5) is 6.01 Å². The zero-order valence-corrected chi connectivity index (χ0v) is 12.1. The molecule has 2 aromatic rings. The van der Waals surface area contributed by atoms with Crippen LogP contribution >= 0.6 is 15.9 Å². The number of aromatic nitrogens is 2. The van der Waals surface area contributed by atoms with Gasteiger partial charge < -0.3 is 4.42 Å². The summed E-state index contributed by atoms with van der Waals surface area (Å²) in [6.45, 7) is 0. The highest BCUT2D eigenvalue weighted by atomic mass is 79.9. The molecule has 19 heavy (non-hydrogen) atoms. The van der Waals surface area contributed by atoms with E-state index in [1.807, 2.05) is 0 Å². The Morgan fingerprint density at radius 2 is 1.89 bits per heavy atom. The lowest BCUT2D eigenvalue weighted by Crippen LogP contribution is -2.13. The standard InChI is InChI=1S/C11H10BrN3O3S/c12-8-3-5-9(6-4-8)19(16,17)15-11-14-13-10(18-11)7-1-2-7/h3-7H,1-2H2,(H,14,15). The number of anilines is 1. The predicted molar refractivity (Wildman–Crippen MR) is 71.2 cm³/mol. The van der Waals surface area contributed by atoms with Gasteiger partial charge in [0.1, 0.15) is 0 Å². The van der Waals surface area contributed by atoms with E-state index in [1.165, 1.54) is 12.1 Å². The largest absolute Gasteiger partial charge is 0.407 e. The van der Waals surface area contributed by atoms with Gasteiger partial charge in [-0.2, -0.15) is 0 Å². The average Bonchev–Trinajstić information content (AvgIpc) is 3.11. The highest BCUT2D eigenvalue weighted by Gasteiger charge is 2.30. The fourth-order valence-corrected chi connectivity index (χ4v) is 2.75. The van der Waals surface area contributed by atoms with Crippen molar-refractivity contribution in [1.82, 2.24) is 10.2 Å². The van der Waals surface area contributed by atoms with E-state index in [0.717, 1.165) is 17.3 Å². The molecule has 0 unspecified atom stereocenters. The van der Waals surface area contributed by atoms with Gasteiger partial charge in [0.2, 0.25) is 5.89 Å². The van der Waals surface area contributed by atoms with Crippen LogP contribution in [-0.2, 0) is 10.0 Å². The van der Waals surface area contributed by atoms with Gasteiger partial charge in [-0.25, -0.2) is 13.1 Å². The van der Waals surface area contributed by atoms with Crippen LogP contribution in [0.25, 0.3) is 0 Å². The minimum atomic E-state index is -3.69. The number of hydrogen-bond donors (Lipinski definition) is 1. The van der Waals surface area contributed by atoms with E-state index in [4.69, 9.17) is 4.42 Å². The Kier molecular flexibility index (Phi) is 3.06. The van der Waals surface area contributed by atoms with Crippen molar-refractivity contribution in [3.05, 3.63) is 34.6 Å². The quantitative estimate of drug-likeness (QED) is 0.921. The van der Waals surface area contributed by atoms with Crippen LogP contribution in [0.15, 0.2) is 38.1 Å². The van der Waals surface area contributed by atoms with Gasteiger partial charge >= 0.3 is 6.01 Å². The molecule has 1 saturated carbocycles. The first-order valence-electron chi connectivity index (χ1n) is 5.66. The molecule has 0 radical (unpaired) electrons. The minimum Gasteiger partial charge on any atom is -0.407 e. The molecule has 6 nitrogen and oxygen atoms in total. The number of hydrogen-bond acceptors (Lipinski definition) is 5. The van der Waals surface area contributed by atoms with Crippen LogP contribution in [0, 0.1) is 0 Å². The van der Waals surface area contributed by atoms with Gasteiger partial charge in [0, 0.05) is 10.4 Å². The fourth-order valence-electron chi connectivity index (χ4n) is 1.56. The number of rotatable bonds is 4. The summed E-state index contributed by atoms with van der Waals surface area (Å²) >= 11 is 3.25. The maximum Gasteiger partial charge on any atom is 0.329 e. The monoisotopic (exact) mass is 343 g/mol. The maximum absolute atomic E-state index is 12.1. The Bertz CT molecular complexity index is 692. The second-order valence-electron chi connectivity index (χ2n) is 4.28. The van der Waals surface area contributed by atoms with Crippen LogP contribution < -0.4 is 4.72 Å². The zero-order chi connectivity index (χ0) is 13.5. The molecule has 1 aliphatic rings. The van der Waals surface area contributed by atoms with Crippen molar-refractivity contribution in [2.45, 2.75) is 23.7 Å². The molecular weight excluding hydrogens is 334 g/mol. The molecule has 0 saturated heterocycles. The average molecular weight is 344 g/mol. The molecule has 3 rings (SSSR count). The molecule has 1 N–H and O–H groups in total. The summed E-state index contributed by atoms with van der Waals surface area (Å²) < 4.78 is 32.5. The van der Waals surface area contributed by atoms with E-state index in [1.54, 1.807) is 12.1 Å². The van der Waals surface area contributed by atoms with Crippen LogP contribution in [0.1, 0.15) is 24.7 Å². The van der Waals surface area contributed by atoms with Gasteiger partial charge in [-0.3, -0.25) is 0 Å². The van der Waals surface area contributed by atoms with Crippen molar-refractivity contribution in [1.29, 1.82) is 0 Å². The maximum atomic E-state index is 12.1. The van der Waals surface area contributed by atoms with Crippen LogP contribution in [0.2, 0.25) is 0 Å². The molecule has 0 atom stereocenters. The predicted octanol–water partition coefficient (Wildman–Crippen LogP) is 2.51. The zero-order valence-electron chi connectivity index (χ0n) is 9.71. The van der Waals surface area contributed by atoms with Crippen LogP contribution in [0.5, 0.6) is 0 Å². The van der Waals surface area contributed by atoms with Crippen molar-refractivity contribution in [3.8, 4) is 0 Å². The highest BCUT2D eigenvalue weighted by molar-refractivity contribution is 9.10. The number of benzene rings is 1. The molecule has 100 valence electrons. The van der Waals surface area contributed by atoms with E-state index in [0.29, 0.717) is 11.8 Å². The lowest BCUT2D eigenvalue weighted by molar-refractivity contribution is 0.510. The third kappa shape index (κ3) is 2.79. The lowest BCUT2D eigenvalue weighted by Gasteiger charge is -2.03.